The molecule has 0 radical (unpaired) electrons. The molecular formula is C28H52O6. The first-order valence-electron chi connectivity index (χ1n) is 13.8. The van der Waals surface area contributed by atoms with Crippen molar-refractivity contribution in [3.63, 3.8) is 0 Å². The van der Waals surface area contributed by atoms with E-state index >= 15 is 0 Å². The lowest BCUT2D eigenvalue weighted by Gasteiger charge is -2.20. The van der Waals surface area contributed by atoms with Crippen molar-refractivity contribution in [2.45, 2.75) is 137 Å². The van der Waals surface area contributed by atoms with Gasteiger partial charge in [0.15, 0.2) is 0 Å². The molecule has 0 N–H and O–H groups in total. The van der Waals surface area contributed by atoms with E-state index in [-0.39, 0.29) is 30.9 Å². The van der Waals surface area contributed by atoms with Crippen molar-refractivity contribution < 1.29 is 28.6 Å². The maximum absolute atomic E-state index is 11.8. The van der Waals surface area contributed by atoms with Crippen LogP contribution in [0.5, 0.6) is 0 Å². The molecule has 0 heterocycles. The molecule has 200 valence electrons. The lowest BCUT2D eigenvalue weighted by molar-refractivity contribution is -0.155. The third-order valence-electron chi connectivity index (χ3n) is 6.24. The summed E-state index contributed by atoms with van der Waals surface area (Å²) in [5, 5.41) is 0. The van der Waals surface area contributed by atoms with E-state index in [0.29, 0.717) is 32.5 Å². The second-order valence-corrected chi connectivity index (χ2v) is 9.91. The van der Waals surface area contributed by atoms with E-state index in [0.717, 1.165) is 32.1 Å². The van der Waals surface area contributed by atoms with Crippen LogP contribution in [0.3, 0.4) is 0 Å². The van der Waals surface area contributed by atoms with Gasteiger partial charge in [0.25, 0.3) is 0 Å². The lowest BCUT2D eigenvalue weighted by Crippen LogP contribution is -2.26. The quantitative estimate of drug-likeness (QED) is 0.0859. The van der Waals surface area contributed by atoms with Gasteiger partial charge in [0, 0.05) is 12.8 Å². The summed E-state index contributed by atoms with van der Waals surface area (Å²) < 4.78 is 15.7. The van der Waals surface area contributed by atoms with E-state index in [2.05, 4.69) is 6.92 Å². The Kier molecular flexibility index (Phi) is 20.9. The summed E-state index contributed by atoms with van der Waals surface area (Å²) in [4.78, 5) is 35.4. The van der Waals surface area contributed by atoms with Crippen LogP contribution in [0, 0.1) is 5.41 Å². The molecule has 0 rings (SSSR count). The molecule has 0 aromatic carbocycles. The largest absolute Gasteiger partial charge is 0.466 e. The van der Waals surface area contributed by atoms with Gasteiger partial charge < -0.3 is 14.2 Å². The Morgan fingerprint density at radius 1 is 0.529 bits per heavy atom. The average molecular weight is 485 g/mol. The third kappa shape index (κ3) is 19.8. The summed E-state index contributed by atoms with van der Waals surface area (Å²) in [6.45, 7) is 9.01. The van der Waals surface area contributed by atoms with Crippen LogP contribution in [0.1, 0.15) is 137 Å². The van der Waals surface area contributed by atoms with Gasteiger partial charge in [-0.2, -0.15) is 0 Å². The van der Waals surface area contributed by atoms with E-state index in [9.17, 15) is 14.4 Å². The Bertz CT molecular complexity index is 529. The Morgan fingerprint density at radius 2 is 0.941 bits per heavy atom. The van der Waals surface area contributed by atoms with E-state index in [1.807, 2.05) is 20.8 Å². The van der Waals surface area contributed by atoms with Gasteiger partial charge in [-0.3, -0.25) is 14.4 Å². The van der Waals surface area contributed by atoms with Gasteiger partial charge >= 0.3 is 17.9 Å². The summed E-state index contributed by atoms with van der Waals surface area (Å²) in [7, 11) is 0. The second-order valence-electron chi connectivity index (χ2n) is 9.91. The molecule has 0 amide bonds. The topological polar surface area (TPSA) is 78.9 Å². The molecule has 0 saturated heterocycles. The Labute approximate surface area is 208 Å². The summed E-state index contributed by atoms with van der Waals surface area (Å²) in [6, 6.07) is 0. The molecule has 0 aromatic rings. The van der Waals surface area contributed by atoms with Crippen molar-refractivity contribution in [1.82, 2.24) is 0 Å². The van der Waals surface area contributed by atoms with Gasteiger partial charge in [0.1, 0.15) is 0 Å². The highest BCUT2D eigenvalue weighted by Crippen LogP contribution is 2.21. The molecule has 0 saturated carbocycles. The van der Waals surface area contributed by atoms with Crippen molar-refractivity contribution in [2.75, 3.05) is 19.8 Å². The highest BCUT2D eigenvalue weighted by Gasteiger charge is 2.26. The normalized spacial score (nSPS) is 11.3. The molecular weight excluding hydrogens is 432 g/mol. The fraction of sp³-hybridized carbons (Fsp3) is 0.893. The highest BCUT2D eigenvalue weighted by molar-refractivity contribution is 5.75. The first kappa shape index (κ1) is 32.4. The zero-order valence-electron chi connectivity index (χ0n) is 22.6. The molecule has 6 heteroatoms. The van der Waals surface area contributed by atoms with Crippen molar-refractivity contribution in [1.29, 1.82) is 0 Å². The molecule has 34 heavy (non-hydrogen) atoms. The maximum atomic E-state index is 11.8. The molecule has 0 aliphatic rings. The standard InChI is InChI=1S/C28H52O6/c1-5-7-8-9-10-11-12-13-14-17-22-32-25(29)20-16-15-18-23-33-26(30)21-19-24-34-27(31)28(3,4)6-2/h5-24H2,1-4H3. The van der Waals surface area contributed by atoms with Gasteiger partial charge in [-0.25, -0.2) is 0 Å². The number of hydrogen-bond donors (Lipinski definition) is 0. The van der Waals surface area contributed by atoms with Gasteiger partial charge in [-0.05, 0) is 52.4 Å². The zero-order valence-corrected chi connectivity index (χ0v) is 22.6. The smallest absolute Gasteiger partial charge is 0.311 e. The molecule has 0 aromatic heterocycles. The minimum Gasteiger partial charge on any atom is -0.466 e. The van der Waals surface area contributed by atoms with Crippen LogP contribution in [0.2, 0.25) is 0 Å². The van der Waals surface area contributed by atoms with Gasteiger partial charge in [-0.15, -0.1) is 0 Å². The number of ether oxygens (including phenoxy) is 3. The van der Waals surface area contributed by atoms with Crippen LogP contribution in [0.25, 0.3) is 0 Å². The number of carbonyl (C=O) groups excluding carboxylic acids is 3. The lowest BCUT2D eigenvalue weighted by atomic mass is 9.91. The van der Waals surface area contributed by atoms with Crippen LogP contribution in [-0.2, 0) is 28.6 Å². The van der Waals surface area contributed by atoms with E-state index < -0.39 is 5.41 Å². The highest BCUT2D eigenvalue weighted by atomic mass is 16.5. The monoisotopic (exact) mass is 484 g/mol. The minimum absolute atomic E-state index is 0.131. The van der Waals surface area contributed by atoms with Crippen molar-refractivity contribution >= 4 is 17.9 Å². The zero-order chi connectivity index (χ0) is 25.5. The SMILES string of the molecule is CCCCCCCCCCCCOC(=O)CCCCCOC(=O)CCCOC(=O)C(C)(C)CC. The number of rotatable bonds is 23. The van der Waals surface area contributed by atoms with Crippen molar-refractivity contribution in [2.24, 2.45) is 5.41 Å². The van der Waals surface area contributed by atoms with E-state index in [1.54, 1.807) is 0 Å². The number of unbranched alkanes of at least 4 members (excludes halogenated alkanes) is 11. The number of esters is 3. The summed E-state index contributed by atoms with van der Waals surface area (Å²) in [6.07, 6.45) is 16.8. The molecule has 0 unspecified atom stereocenters. The molecule has 0 aliphatic heterocycles. The third-order valence-corrected chi connectivity index (χ3v) is 6.24. The Morgan fingerprint density at radius 3 is 1.44 bits per heavy atom. The summed E-state index contributed by atoms with van der Waals surface area (Å²) in [5.41, 5.74) is -0.486. The predicted molar refractivity (Wildman–Crippen MR) is 136 cm³/mol. The predicted octanol–water partition coefficient (Wildman–Crippen LogP) is 7.31. The fourth-order valence-electron chi connectivity index (χ4n) is 3.38. The molecule has 0 bridgehead atoms. The van der Waals surface area contributed by atoms with E-state index in [4.69, 9.17) is 14.2 Å². The van der Waals surface area contributed by atoms with Crippen LogP contribution >= 0.6 is 0 Å². The van der Waals surface area contributed by atoms with Crippen molar-refractivity contribution in [3.8, 4) is 0 Å². The second kappa shape index (κ2) is 21.9. The molecule has 0 spiro atoms. The van der Waals surface area contributed by atoms with Crippen LogP contribution in [0.15, 0.2) is 0 Å². The molecule has 0 aliphatic carbocycles. The van der Waals surface area contributed by atoms with Gasteiger partial charge in [0.2, 0.25) is 0 Å². The Balaban J connectivity index is 3.42. The Hall–Kier alpha value is -1.59. The van der Waals surface area contributed by atoms with Crippen LogP contribution in [0.4, 0.5) is 0 Å². The van der Waals surface area contributed by atoms with Crippen LogP contribution < -0.4 is 0 Å². The van der Waals surface area contributed by atoms with Gasteiger partial charge in [-0.1, -0.05) is 71.6 Å². The fourth-order valence-corrected chi connectivity index (χ4v) is 3.38. The maximum Gasteiger partial charge on any atom is 0.311 e. The van der Waals surface area contributed by atoms with Crippen LogP contribution in [-0.4, -0.2) is 37.7 Å². The van der Waals surface area contributed by atoms with E-state index in [1.165, 1.54) is 51.4 Å². The average Bonchev–Trinajstić information content (AvgIpc) is 2.82. The number of carbonyl (C=O) groups is 3. The van der Waals surface area contributed by atoms with Crippen molar-refractivity contribution in [3.05, 3.63) is 0 Å². The summed E-state index contributed by atoms with van der Waals surface area (Å²) >= 11 is 0. The first-order valence-corrected chi connectivity index (χ1v) is 13.8. The molecule has 0 atom stereocenters. The van der Waals surface area contributed by atoms with Gasteiger partial charge in [0.05, 0.1) is 25.2 Å². The molecule has 6 nitrogen and oxygen atoms in total. The molecule has 0 fully saturated rings. The number of hydrogen-bond acceptors (Lipinski definition) is 6. The summed E-state index contributed by atoms with van der Waals surface area (Å²) in [5.74, 6) is -0.638. The minimum atomic E-state index is -0.486. The first-order chi connectivity index (χ1) is 16.3.